The first-order valence-electron chi connectivity index (χ1n) is 7.84. The normalized spacial score (nSPS) is 11.7. The zero-order chi connectivity index (χ0) is 18.9. The van der Waals surface area contributed by atoms with Gasteiger partial charge < -0.3 is 19.0 Å². The first-order chi connectivity index (χ1) is 13.0. The third-order valence-corrected chi connectivity index (χ3v) is 3.78. The molecule has 0 bridgehead atoms. The lowest BCUT2D eigenvalue weighted by Crippen LogP contribution is -2.16. The van der Waals surface area contributed by atoms with Crippen LogP contribution in [0, 0.1) is 0 Å². The third kappa shape index (κ3) is 3.86. The van der Waals surface area contributed by atoms with Crippen LogP contribution in [-0.2, 0) is 6.61 Å². The number of nitrogens with zero attached hydrogens (tertiary/aromatic N) is 2. The number of rotatable bonds is 5. The molecule has 0 atom stereocenters. The fourth-order valence-corrected chi connectivity index (χ4v) is 2.56. The van der Waals surface area contributed by atoms with Crippen LogP contribution in [0.15, 0.2) is 59.5 Å². The topological polar surface area (TPSA) is 73.2 Å². The average molecular weight is 375 g/mol. The number of ether oxygens (including phenoxy) is 2. The van der Waals surface area contributed by atoms with Crippen molar-refractivity contribution < 1.29 is 27.2 Å². The predicted octanol–water partition coefficient (Wildman–Crippen LogP) is 4.70. The summed E-state index contributed by atoms with van der Waals surface area (Å²) in [6.45, 7) is 0.245. The minimum atomic E-state index is -4.72. The smallest absolute Gasteiger partial charge is 0.469 e. The highest BCUT2D eigenvalue weighted by Gasteiger charge is 2.30. The van der Waals surface area contributed by atoms with E-state index in [9.17, 15) is 13.2 Å². The molecule has 138 valence electrons. The Kier molecular flexibility index (Phi) is 4.19. The summed E-state index contributed by atoms with van der Waals surface area (Å²) in [5.74, 6) is 0.0411. The fourth-order valence-electron chi connectivity index (χ4n) is 2.56. The quantitative estimate of drug-likeness (QED) is 0.548. The maximum absolute atomic E-state index is 12.3. The summed E-state index contributed by atoms with van der Waals surface area (Å²) in [7, 11) is 0. The first-order valence-corrected chi connectivity index (χ1v) is 7.84. The molecule has 2 aromatic carbocycles. The maximum atomic E-state index is 12.3. The minimum absolute atomic E-state index is 0.245. The summed E-state index contributed by atoms with van der Waals surface area (Å²) < 4.78 is 51.6. The Hall–Kier alpha value is -3.49. The number of aromatic nitrogens is 3. The van der Waals surface area contributed by atoms with Crippen molar-refractivity contribution >= 4 is 11.0 Å². The van der Waals surface area contributed by atoms with Gasteiger partial charge in [-0.1, -0.05) is 18.2 Å². The van der Waals surface area contributed by atoms with Gasteiger partial charge in [-0.2, -0.15) is 0 Å². The van der Waals surface area contributed by atoms with Gasteiger partial charge >= 0.3 is 6.36 Å². The molecular formula is C18H12F3N3O3. The first kappa shape index (κ1) is 17.0. The number of alkyl halides is 3. The summed E-state index contributed by atoms with van der Waals surface area (Å²) >= 11 is 0. The largest absolute Gasteiger partial charge is 0.573 e. The van der Waals surface area contributed by atoms with Gasteiger partial charge in [0.15, 0.2) is 5.58 Å². The van der Waals surface area contributed by atoms with Crippen LogP contribution >= 0.6 is 0 Å². The molecule has 0 aliphatic carbocycles. The molecule has 0 amide bonds. The van der Waals surface area contributed by atoms with Crippen molar-refractivity contribution in [3.05, 3.63) is 60.7 Å². The van der Waals surface area contributed by atoms with Gasteiger partial charge in [0.25, 0.3) is 5.88 Å². The van der Waals surface area contributed by atoms with Crippen LogP contribution in [0.4, 0.5) is 13.2 Å². The molecule has 2 heterocycles. The predicted molar refractivity (Wildman–Crippen MR) is 89.0 cm³/mol. The van der Waals surface area contributed by atoms with Gasteiger partial charge in [0.05, 0.1) is 23.6 Å². The summed E-state index contributed by atoms with van der Waals surface area (Å²) in [5.41, 5.74) is 2.81. The Balaban J connectivity index is 1.58. The Morgan fingerprint density at radius 2 is 1.81 bits per heavy atom. The molecule has 4 aromatic rings. The molecule has 6 nitrogen and oxygen atoms in total. The lowest BCUT2D eigenvalue weighted by Gasteiger charge is -2.09. The molecule has 0 saturated heterocycles. The van der Waals surface area contributed by atoms with E-state index >= 15 is 0 Å². The third-order valence-electron chi connectivity index (χ3n) is 3.78. The van der Waals surface area contributed by atoms with E-state index in [4.69, 9.17) is 9.26 Å². The second kappa shape index (κ2) is 6.67. The molecule has 0 fully saturated rings. The number of benzene rings is 2. The molecule has 9 heteroatoms. The number of H-pyrrole nitrogens is 1. The number of hydrogen-bond donors (Lipinski definition) is 1. The molecule has 0 unspecified atom stereocenters. The van der Waals surface area contributed by atoms with Crippen LogP contribution in [0.5, 0.6) is 11.6 Å². The molecule has 4 rings (SSSR count). The zero-order valence-corrected chi connectivity index (χ0v) is 13.7. The molecule has 27 heavy (non-hydrogen) atoms. The second-order valence-electron chi connectivity index (χ2n) is 5.64. The number of aromatic amines is 1. The SMILES string of the molecule is FC(F)(F)Oc1ccc(-c2ccc3onc(OCc4cnc[nH]4)c3c2)cc1. The highest BCUT2D eigenvalue weighted by atomic mass is 19.4. The van der Waals surface area contributed by atoms with E-state index in [2.05, 4.69) is 19.9 Å². The van der Waals surface area contributed by atoms with E-state index in [1.54, 1.807) is 42.9 Å². The molecule has 0 radical (unpaired) electrons. The Labute approximate surface area is 150 Å². The van der Waals surface area contributed by atoms with Crippen LogP contribution in [0.25, 0.3) is 22.1 Å². The van der Waals surface area contributed by atoms with Gasteiger partial charge in [-0.25, -0.2) is 4.98 Å². The molecule has 2 aromatic heterocycles. The second-order valence-corrected chi connectivity index (χ2v) is 5.64. The maximum Gasteiger partial charge on any atom is 0.573 e. The molecule has 1 N–H and O–H groups in total. The number of fused-ring (bicyclic) bond motifs is 1. The van der Waals surface area contributed by atoms with E-state index in [-0.39, 0.29) is 12.4 Å². The molecule has 0 spiro atoms. The average Bonchev–Trinajstić information content (AvgIpc) is 3.28. The lowest BCUT2D eigenvalue weighted by atomic mass is 10.0. The molecular weight excluding hydrogens is 363 g/mol. The van der Waals surface area contributed by atoms with E-state index < -0.39 is 6.36 Å². The highest BCUT2D eigenvalue weighted by molar-refractivity contribution is 5.87. The van der Waals surface area contributed by atoms with Gasteiger partial charge in [-0.05, 0) is 40.5 Å². The molecule has 0 saturated carbocycles. The van der Waals surface area contributed by atoms with E-state index in [1.807, 2.05) is 0 Å². The Bertz CT molecular complexity index is 1040. The van der Waals surface area contributed by atoms with Gasteiger partial charge in [0.2, 0.25) is 0 Å². The van der Waals surface area contributed by atoms with Gasteiger partial charge in [0.1, 0.15) is 12.4 Å². The van der Waals surface area contributed by atoms with E-state index in [0.29, 0.717) is 22.4 Å². The van der Waals surface area contributed by atoms with Crippen molar-refractivity contribution in [2.24, 2.45) is 0 Å². The van der Waals surface area contributed by atoms with Crippen molar-refractivity contribution in [3.63, 3.8) is 0 Å². The summed E-state index contributed by atoms with van der Waals surface area (Å²) in [5, 5.41) is 4.56. The van der Waals surface area contributed by atoms with Crippen LogP contribution < -0.4 is 9.47 Å². The molecule has 0 aliphatic heterocycles. The van der Waals surface area contributed by atoms with Gasteiger partial charge in [-0.15, -0.1) is 13.2 Å². The zero-order valence-electron chi connectivity index (χ0n) is 13.7. The Morgan fingerprint density at radius 1 is 1.04 bits per heavy atom. The summed E-state index contributed by atoms with van der Waals surface area (Å²) in [6.07, 6.45) is -1.54. The summed E-state index contributed by atoms with van der Waals surface area (Å²) in [4.78, 5) is 6.83. The standard InChI is InChI=1S/C18H12F3N3O3/c19-18(20,21)26-14-4-1-11(2-5-14)12-3-6-16-15(7-12)17(24-27-16)25-9-13-8-22-10-23-13/h1-8,10H,9H2,(H,22,23). The van der Waals surface area contributed by atoms with Crippen LogP contribution in [-0.4, -0.2) is 21.5 Å². The van der Waals surface area contributed by atoms with Crippen LogP contribution in [0.3, 0.4) is 0 Å². The highest BCUT2D eigenvalue weighted by Crippen LogP contribution is 2.32. The number of hydrogen-bond acceptors (Lipinski definition) is 5. The van der Waals surface area contributed by atoms with Gasteiger partial charge in [-0.3, -0.25) is 0 Å². The Morgan fingerprint density at radius 3 is 2.52 bits per heavy atom. The van der Waals surface area contributed by atoms with E-state index in [0.717, 1.165) is 11.3 Å². The number of nitrogens with one attached hydrogen (secondary N) is 1. The van der Waals surface area contributed by atoms with Crippen molar-refractivity contribution in [1.82, 2.24) is 15.1 Å². The monoisotopic (exact) mass is 375 g/mol. The van der Waals surface area contributed by atoms with Crippen molar-refractivity contribution in [3.8, 4) is 22.8 Å². The fraction of sp³-hybridized carbons (Fsp3) is 0.111. The van der Waals surface area contributed by atoms with Gasteiger partial charge in [0, 0.05) is 0 Å². The van der Waals surface area contributed by atoms with Crippen molar-refractivity contribution in [1.29, 1.82) is 0 Å². The van der Waals surface area contributed by atoms with Crippen molar-refractivity contribution in [2.45, 2.75) is 13.0 Å². The van der Waals surface area contributed by atoms with E-state index in [1.165, 1.54) is 12.1 Å². The molecule has 0 aliphatic rings. The summed E-state index contributed by atoms with van der Waals surface area (Å²) in [6, 6.07) is 10.9. The number of imidazole rings is 1. The van der Waals surface area contributed by atoms with Crippen LogP contribution in [0.1, 0.15) is 5.69 Å². The minimum Gasteiger partial charge on any atom is -0.469 e. The van der Waals surface area contributed by atoms with Crippen molar-refractivity contribution in [2.75, 3.05) is 0 Å². The lowest BCUT2D eigenvalue weighted by molar-refractivity contribution is -0.274. The number of halogens is 3. The van der Waals surface area contributed by atoms with Crippen LogP contribution in [0.2, 0.25) is 0 Å².